The van der Waals surface area contributed by atoms with Gasteiger partial charge in [0.2, 0.25) is 0 Å². The van der Waals surface area contributed by atoms with Crippen LogP contribution in [-0.2, 0) is 0 Å². The Kier molecular flexibility index (Phi) is 5.79. The van der Waals surface area contributed by atoms with Crippen molar-refractivity contribution in [3.05, 3.63) is 36.4 Å². The maximum atomic E-state index is 3.65. The van der Waals surface area contributed by atoms with Crippen LogP contribution in [0.3, 0.4) is 0 Å². The van der Waals surface area contributed by atoms with Crippen molar-refractivity contribution >= 4 is 63.6 Å². The summed E-state index contributed by atoms with van der Waals surface area (Å²) in [6, 6.07) is 14.8. The van der Waals surface area contributed by atoms with Gasteiger partial charge in [0.15, 0.2) is 0 Å². The molecule has 0 aliphatic rings. The first kappa shape index (κ1) is 19.5. The zero-order valence-corrected chi connectivity index (χ0v) is 18.9. The van der Waals surface area contributed by atoms with E-state index in [-0.39, 0.29) is 0 Å². The molecule has 28 heavy (non-hydrogen) atoms. The van der Waals surface area contributed by atoms with Crippen LogP contribution in [0.5, 0.6) is 0 Å². The SMILES string of the molecule is CCCC(C)Nc1ccc2c(c1)sc1c3ccc(NC(C)CCC)cc3sc21. The van der Waals surface area contributed by atoms with Crippen molar-refractivity contribution in [1.29, 1.82) is 0 Å². The fraction of sp³-hybridized carbons (Fsp3) is 0.417. The fourth-order valence-electron chi connectivity index (χ4n) is 4.01. The van der Waals surface area contributed by atoms with Crippen molar-refractivity contribution < 1.29 is 0 Å². The molecule has 4 aromatic rings. The van der Waals surface area contributed by atoms with Gasteiger partial charge in [-0.25, -0.2) is 0 Å². The first-order chi connectivity index (χ1) is 13.6. The Bertz CT molecular complexity index is 1000. The molecule has 148 valence electrons. The second-order valence-corrected chi connectivity index (χ2v) is 10.1. The number of rotatable bonds is 8. The van der Waals surface area contributed by atoms with E-state index < -0.39 is 0 Å². The summed E-state index contributed by atoms with van der Waals surface area (Å²) in [5.74, 6) is 0. The number of benzene rings is 2. The minimum absolute atomic E-state index is 0.519. The molecule has 0 saturated heterocycles. The molecule has 0 fully saturated rings. The summed E-state index contributed by atoms with van der Waals surface area (Å²) < 4.78 is 5.63. The Hall–Kier alpha value is -1.78. The molecule has 0 aliphatic carbocycles. The molecular formula is C24H30N2S2. The van der Waals surface area contributed by atoms with E-state index in [2.05, 4.69) is 74.7 Å². The Morgan fingerprint density at radius 2 is 1.14 bits per heavy atom. The highest BCUT2D eigenvalue weighted by Crippen LogP contribution is 2.45. The Balaban J connectivity index is 1.67. The average molecular weight is 411 g/mol. The van der Waals surface area contributed by atoms with Gasteiger partial charge in [0, 0.05) is 43.6 Å². The summed E-state index contributed by atoms with van der Waals surface area (Å²) in [5, 5.41) is 10.1. The van der Waals surface area contributed by atoms with Crippen LogP contribution in [0.4, 0.5) is 11.4 Å². The third kappa shape index (κ3) is 3.85. The second kappa shape index (κ2) is 8.30. The topological polar surface area (TPSA) is 24.1 Å². The second-order valence-electron chi connectivity index (χ2n) is 7.95. The van der Waals surface area contributed by atoms with Gasteiger partial charge in [-0.15, -0.1) is 22.7 Å². The van der Waals surface area contributed by atoms with Crippen LogP contribution in [0.2, 0.25) is 0 Å². The summed E-state index contributed by atoms with van der Waals surface area (Å²) >= 11 is 3.86. The van der Waals surface area contributed by atoms with Crippen LogP contribution in [0.15, 0.2) is 36.4 Å². The monoisotopic (exact) mass is 410 g/mol. The van der Waals surface area contributed by atoms with Gasteiger partial charge in [0.1, 0.15) is 0 Å². The molecule has 0 radical (unpaired) electrons. The van der Waals surface area contributed by atoms with E-state index in [9.17, 15) is 0 Å². The predicted octanol–water partition coefficient (Wildman–Crippen LogP) is 8.47. The third-order valence-corrected chi connectivity index (χ3v) is 7.85. The summed E-state index contributed by atoms with van der Waals surface area (Å²) in [6.07, 6.45) is 4.83. The Morgan fingerprint density at radius 3 is 1.54 bits per heavy atom. The molecule has 2 aromatic heterocycles. The van der Waals surface area contributed by atoms with Crippen LogP contribution in [0.25, 0.3) is 29.6 Å². The first-order valence-electron chi connectivity index (χ1n) is 10.5. The van der Waals surface area contributed by atoms with Gasteiger partial charge >= 0.3 is 0 Å². The minimum atomic E-state index is 0.519. The van der Waals surface area contributed by atoms with E-state index >= 15 is 0 Å². The molecule has 0 spiro atoms. The highest BCUT2D eigenvalue weighted by molar-refractivity contribution is 7.36. The molecule has 2 unspecified atom stereocenters. The smallest absolute Gasteiger partial charge is 0.0542 e. The maximum absolute atomic E-state index is 3.65. The molecule has 4 rings (SSSR count). The van der Waals surface area contributed by atoms with Crippen molar-refractivity contribution in [1.82, 2.24) is 0 Å². The van der Waals surface area contributed by atoms with Gasteiger partial charge in [-0.05, 0) is 51.0 Å². The van der Waals surface area contributed by atoms with Gasteiger partial charge < -0.3 is 10.6 Å². The van der Waals surface area contributed by atoms with Crippen LogP contribution in [-0.4, -0.2) is 12.1 Å². The molecule has 0 aliphatic heterocycles. The Morgan fingerprint density at radius 1 is 0.714 bits per heavy atom. The molecule has 2 nitrogen and oxygen atoms in total. The van der Waals surface area contributed by atoms with E-state index in [0.717, 1.165) is 0 Å². The van der Waals surface area contributed by atoms with Crippen LogP contribution >= 0.6 is 22.7 Å². The van der Waals surface area contributed by atoms with E-state index in [1.54, 1.807) is 0 Å². The van der Waals surface area contributed by atoms with Gasteiger partial charge in [-0.2, -0.15) is 0 Å². The lowest BCUT2D eigenvalue weighted by Gasteiger charge is -2.14. The lowest BCUT2D eigenvalue weighted by atomic mass is 10.1. The van der Waals surface area contributed by atoms with E-state index in [4.69, 9.17) is 0 Å². The highest BCUT2D eigenvalue weighted by atomic mass is 32.1. The number of hydrogen-bond acceptors (Lipinski definition) is 4. The minimum Gasteiger partial charge on any atom is -0.383 e. The molecular weight excluding hydrogens is 380 g/mol. The molecule has 4 heteroatoms. The molecule has 2 aromatic carbocycles. The maximum Gasteiger partial charge on any atom is 0.0542 e. The zero-order chi connectivity index (χ0) is 19.7. The highest BCUT2D eigenvalue weighted by Gasteiger charge is 2.13. The van der Waals surface area contributed by atoms with Gasteiger partial charge in [-0.1, -0.05) is 38.8 Å². The molecule has 2 atom stereocenters. The van der Waals surface area contributed by atoms with Crippen LogP contribution < -0.4 is 10.6 Å². The van der Waals surface area contributed by atoms with Crippen molar-refractivity contribution in [2.75, 3.05) is 10.6 Å². The summed E-state index contributed by atoms with van der Waals surface area (Å²) in [5.41, 5.74) is 2.48. The summed E-state index contributed by atoms with van der Waals surface area (Å²) in [6.45, 7) is 9.01. The van der Waals surface area contributed by atoms with Crippen LogP contribution in [0, 0.1) is 0 Å². The van der Waals surface area contributed by atoms with E-state index in [1.807, 2.05) is 22.7 Å². The van der Waals surface area contributed by atoms with Crippen molar-refractivity contribution in [3.63, 3.8) is 0 Å². The van der Waals surface area contributed by atoms with Crippen molar-refractivity contribution in [3.8, 4) is 0 Å². The molecule has 2 heterocycles. The average Bonchev–Trinajstić information content (AvgIpc) is 3.17. The molecule has 0 amide bonds. The molecule has 0 bridgehead atoms. The van der Waals surface area contributed by atoms with Gasteiger partial charge in [-0.3, -0.25) is 0 Å². The number of nitrogens with one attached hydrogen (secondary N) is 2. The number of thiophene rings is 2. The van der Waals surface area contributed by atoms with Crippen molar-refractivity contribution in [2.45, 2.75) is 65.5 Å². The van der Waals surface area contributed by atoms with Gasteiger partial charge in [0.25, 0.3) is 0 Å². The number of hydrogen-bond donors (Lipinski definition) is 2. The quantitative estimate of drug-likeness (QED) is 0.304. The third-order valence-electron chi connectivity index (χ3n) is 5.35. The standard InChI is InChI=1S/C24H30N2S2/c1-5-7-15(3)25-17-9-11-19-21(13-17)27-24-20-12-10-18(26-16(4)8-6-2)14-22(20)28-23(19)24/h9-16,25-26H,5-8H2,1-4H3. The molecule has 0 saturated carbocycles. The number of fused-ring (bicyclic) bond motifs is 5. The summed E-state index contributed by atoms with van der Waals surface area (Å²) in [4.78, 5) is 0. The largest absolute Gasteiger partial charge is 0.383 e. The zero-order valence-electron chi connectivity index (χ0n) is 17.3. The number of anilines is 2. The first-order valence-corrected chi connectivity index (χ1v) is 12.1. The fourth-order valence-corrected chi connectivity index (χ4v) is 6.75. The Labute approximate surface area is 176 Å². The molecule has 2 N–H and O–H groups in total. The van der Waals surface area contributed by atoms with E-state index in [0.29, 0.717) is 12.1 Å². The van der Waals surface area contributed by atoms with E-state index in [1.165, 1.54) is 66.6 Å². The normalized spacial score (nSPS) is 14.0. The lowest BCUT2D eigenvalue weighted by molar-refractivity contribution is 0.690. The van der Waals surface area contributed by atoms with Crippen molar-refractivity contribution in [2.24, 2.45) is 0 Å². The lowest BCUT2D eigenvalue weighted by Crippen LogP contribution is -2.14. The summed E-state index contributed by atoms with van der Waals surface area (Å²) in [7, 11) is 0. The predicted molar refractivity (Wildman–Crippen MR) is 131 cm³/mol. The van der Waals surface area contributed by atoms with Crippen LogP contribution in [0.1, 0.15) is 53.4 Å². The van der Waals surface area contributed by atoms with Gasteiger partial charge in [0.05, 0.1) is 9.40 Å².